The lowest BCUT2D eigenvalue weighted by atomic mass is 10.0. The standard InChI is InChI=1S/C21H23N3O/c1-23-14-7-12-19(23)20-11-3-2-4-15-24(20)21(25)17-8-5-10-18-16(17)9-6-13-22-18/h5-10,12-14,20H,2-4,11,15H2,1H3/t20-/m1/s1. The van der Waals surface area contributed by atoms with Gasteiger partial charge in [-0.05, 0) is 43.2 Å². The fourth-order valence-corrected chi connectivity index (χ4v) is 3.92. The van der Waals surface area contributed by atoms with Crippen molar-refractivity contribution >= 4 is 16.8 Å². The van der Waals surface area contributed by atoms with Gasteiger partial charge in [-0.3, -0.25) is 9.78 Å². The predicted molar refractivity (Wildman–Crippen MR) is 99.4 cm³/mol. The van der Waals surface area contributed by atoms with Crippen LogP contribution in [0.25, 0.3) is 10.9 Å². The first-order valence-corrected chi connectivity index (χ1v) is 9.01. The maximum atomic E-state index is 13.5. The van der Waals surface area contributed by atoms with Gasteiger partial charge >= 0.3 is 0 Å². The molecule has 1 amide bonds. The summed E-state index contributed by atoms with van der Waals surface area (Å²) in [5.74, 6) is 0.117. The lowest BCUT2D eigenvalue weighted by molar-refractivity contribution is 0.0676. The quantitative estimate of drug-likeness (QED) is 0.700. The highest BCUT2D eigenvalue weighted by Crippen LogP contribution is 2.32. The molecule has 3 heterocycles. The SMILES string of the molecule is Cn1cccc1[C@H]1CCCCCN1C(=O)c1cccc2ncccc12. The van der Waals surface area contributed by atoms with E-state index < -0.39 is 0 Å². The van der Waals surface area contributed by atoms with Crippen molar-refractivity contribution in [3.05, 3.63) is 66.1 Å². The molecule has 0 aliphatic carbocycles. The summed E-state index contributed by atoms with van der Waals surface area (Å²) in [4.78, 5) is 19.9. The zero-order valence-corrected chi connectivity index (χ0v) is 14.6. The Bertz CT molecular complexity index is 894. The minimum Gasteiger partial charge on any atom is -0.353 e. The number of rotatable bonds is 2. The van der Waals surface area contributed by atoms with E-state index in [0.717, 1.165) is 42.3 Å². The molecule has 2 aromatic heterocycles. The second kappa shape index (κ2) is 6.71. The third kappa shape index (κ3) is 2.93. The van der Waals surface area contributed by atoms with Crippen molar-refractivity contribution in [1.82, 2.24) is 14.5 Å². The minimum absolute atomic E-state index is 0.117. The van der Waals surface area contributed by atoms with E-state index in [2.05, 4.69) is 39.8 Å². The number of carbonyl (C=O) groups excluding carboxylic acids is 1. The van der Waals surface area contributed by atoms with E-state index >= 15 is 0 Å². The van der Waals surface area contributed by atoms with E-state index in [4.69, 9.17) is 0 Å². The zero-order valence-electron chi connectivity index (χ0n) is 14.6. The average molecular weight is 333 g/mol. The molecule has 0 bridgehead atoms. The van der Waals surface area contributed by atoms with Gasteiger partial charge in [0, 0.05) is 42.6 Å². The summed E-state index contributed by atoms with van der Waals surface area (Å²) in [6, 6.07) is 14.1. The van der Waals surface area contributed by atoms with Crippen LogP contribution in [-0.4, -0.2) is 26.9 Å². The van der Waals surface area contributed by atoms with Gasteiger partial charge in [0.1, 0.15) is 0 Å². The largest absolute Gasteiger partial charge is 0.353 e. The van der Waals surface area contributed by atoms with E-state index in [1.807, 2.05) is 30.3 Å². The molecule has 4 rings (SSSR count). The fraction of sp³-hybridized carbons (Fsp3) is 0.333. The van der Waals surface area contributed by atoms with Gasteiger partial charge in [-0.1, -0.05) is 25.0 Å². The van der Waals surface area contributed by atoms with Gasteiger partial charge in [0.2, 0.25) is 0 Å². The molecule has 1 saturated heterocycles. The molecule has 0 saturated carbocycles. The molecular formula is C21H23N3O. The van der Waals surface area contributed by atoms with Crippen LogP contribution in [0.3, 0.4) is 0 Å². The van der Waals surface area contributed by atoms with Crippen LogP contribution >= 0.6 is 0 Å². The molecule has 25 heavy (non-hydrogen) atoms. The van der Waals surface area contributed by atoms with Crippen molar-refractivity contribution in [2.75, 3.05) is 6.54 Å². The summed E-state index contributed by atoms with van der Waals surface area (Å²) in [5.41, 5.74) is 2.85. The molecule has 1 aromatic carbocycles. The van der Waals surface area contributed by atoms with Crippen LogP contribution in [0.15, 0.2) is 54.9 Å². The number of aryl methyl sites for hydroxylation is 1. The van der Waals surface area contributed by atoms with Gasteiger partial charge in [0.05, 0.1) is 11.6 Å². The molecule has 0 spiro atoms. The summed E-state index contributed by atoms with van der Waals surface area (Å²) in [6.45, 7) is 0.811. The Hall–Kier alpha value is -2.62. The van der Waals surface area contributed by atoms with Crippen molar-refractivity contribution in [2.45, 2.75) is 31.7 Å². The second-order valence-corrected chi connectivity index (χ2v) is 6.78. The van der Waals surface area contributed by atoms with Crippen LogP contribution in [0.1, 0.15) is 47.8 Å². The van der Waals surface area contributed by atoms with Crippen molar-refractivity contribution in [3.8, 4) is 0 Å². The lowest BCUT2D eigenvalue weighted by Gasteiger charge is -2.31. The van der Waals surface area contributed by atoms with Gasteiger partial charge < -0.3 is 9.47 Å². The number of carbonyl (C=O) groups is 1. The van der Waals surface area contributed by atoms with Crippen LogP contribution in [0, 0.1) is 0 Å². The summed E-state index contributed by atoms with van der Waals surface area (Å²) >= 11 is 0. The summed E-state index contributed by atoms with van der Waals surface area (Å²) in [6.07, 6.45) is 8.26. The van der Waals surface area contributed by atoms with Crippen molar-refractivity contribution in [3.63, 3.8) is 0 Å². The Morgan fingerprint density at radius 3 is 2.84 bits per heavy atom. The number of hydrogen-bond donors (Lipinski definition) is 0. The smallest absolute Gasteiger partial charge is 0.255 e. The number of nitrogens with zero attached hydrogens (tertiary/aromatic N) is 3. The molecule has 1 aliphatic rings. The average Bonchev–Trinajstić information content (AvgIpc) is 2.92. The highest BCUT2D eigenvalue weighted by molar-refractivity contribution is 6.06. The first-order valence-electron chi connectivity index (χ1n) is 9.01. The molecule has 0 N–H and O–H groups in total. The van der Waals surface area contributed by atoms with E-state index in [0.29, 0.717) is 0 Å². The molecule has 1 aliphatic heterocycles. The van der Waals surface area contributed by atoms with Crippen molar-refractivity contribution in [1.29, 1.82) is 0 Å². The highest BCUT2D eigenvalue weighted by atomic mass is 16.2. The topological polar surface area (TPSA) is 38.1 Å². The molecule has 4 nitrogen and oxygen atoms in total. The highest BCUT2D eigenvalue weighted by Gasteiger charge is 2.29. The number of hydrogen-bond acceptors (Lipinski definition) is 2. The molecule has 1 atom stereocenters. The van der Waals surface area contributed by atoms with Crippen molar-refractivity contribution in [2.24, 2.45) is 7.05 Å². The Labute approximate surface area is 148 Å². The third-order valence-corrected chi connectivity index (χ3v) is 5.22. The zero-order chi connectivity index (χ0) is 17.2. The van der Waals surface area contributed by atoms with Crippen LogP contribution in [-0.2, 0) is 7.05 Å². The van der Waals surface area contributed by atoms with E-state index in [1.165, 1.54) is 12.1 Å². The lowest BCUT2D eigenvalue weighted by Crippen LogP contribution is -2.35. The third-order valence-electron chi connectivity index (χ3n) is 5.22. The Morgan fingerprint density at radius 1 is 1.08 bits per heavy atom. The first kappa shape index (κ1) is 15.9. The van der Waals surface area contributed by atoms with E-state index in [1.54, 1.807) is 6.20 Å². The van der Waals surface area contributed by atoms with E-state index in [9.17, 15) is 4.79 Å². The van der Waals surface area contributed by atoms with Crippen LogP contribution in [0.5, 0.6) is 0 Å². The Balaban J connectivity index is 1.76. The van der Waals surface area contributed by atoms with Gasteiger partial charge in [-0.15, -0.1) is 0 Å². The van der Waals surface area contributed by atoms with Gasteiger partial charge in [0.15, 0.2) is 0 Å². The van der Waals surface area contributed by atoms with Crippen LogP contribution in [0.2, 0.25) is 0 Å². The number of fused-ring (bicyclic) bond motifs is 1. The maximum absolute atomic E-state index is 13.5. The predicted octanol–water partition coefficient (Wildman–Crippen LogP) is 4.33. The molecule has 128 valence electrons. The maximum Gasteiger partial charge on any atom is 0.255 e. The van der Waals surface area contributed by atoms with E-state index in [-0.39, 0.29) is 11.9 Å². The van der Waals surface area contributed by atoms with Crippen LogP contribution in [0.4, 0.5) is 0 Å². The monoisotopic (exact) mass is 333 g/mol. The number of aromatic nitrogens is 2. The summed E-state index contributed by atoms with van der Waals surface area (Å²) in [7, 11) is 2.06. The van der Waals surface area contributed by atoms with Gasteiger partial charge in [0.25, 0.3) is 5.91 Å². The number of benzene rings is 1. The van der Waals surface area contributed by atoms with Gasteiger partial charge in [-0.25, -0.2) is 0 Å². The number of amides is 1. The molecule has 1 fully saturated rings. The summed E-state index contributed by atoms with van der Waals surface area (Å²) in [5, 5.41) is 0.935. The molecule has 3 aromatic rings. The molecule has 0 unspecified atom stereocenters. The molecular weight excluding hydrogens is 310 g/mol. The number of likely N-dealkylation sites (tertiary alicyclic amines) is 1. The molecule has 4 heteroatoms. The normalized spacial score (nSPS) is 18.3. The summed E-state index contributed by atoms with van der Waals surface area (Å²) < 4.78 is 2.14. The fourth-order valence-electron chi connectivity index (χ4n) is 3.92. The molecule has 0 radical (unpaired) electrons. The number of pyridine rings is 1. The van der Waals surface area contributed by atoms with Crippen molar-refractivity contribution < 1.29 is 4.79 Å². The Kier molecular flexibility index (Phi) is 4.26. The first-order chi connectivity index (χ1) is 12.3. The Morgan fingerprint density at radius 2 is 2.00 bits per heavy atom. The minimum atomic E-state index is 0.117. The second-order valence-electron chi connectivity index (χ2n) is 6.78. The van der Waals surface area contributed by atoms with Gasteiger partial charge in [-0.2, -0.15) is 0 Å². The van der Waals surface area contributed by atoms with Crippen LogP contribution < -0.4 is 0 Å².